The number of hydrogen-bond donors (Lipinski definition) is 0. The molecule has 2 aromatic carbocycles. The summed E-state index contributed by atoms with van der Waals surface area (Å²) in [5.74, 6) is 0. The van der Waals surface area contributed by atoms with Crippen molar-refractivity contribution in [3.8, 4) is 0 Å². The molecule has 0 N–H and O–H groups in total. The van der Waals surface area contributed by atoms with E-state index in [0.29, 0.717) is 17.9 Å². The van der Waals surface area contributed by atoms with Crippen molar-refractivity contribution in [2.24, 2.45) is 0 Å². The van der Waals surface area contributed by atoms with Gasteiger partial charge < -0.3 is 0 Å². The maximum atomic E-state index is 13.4. The Balaban J connectivity index is 1.86. The number of aromatic nitrogens is 1. The topological polar surface area (TPSA) is 50.3 Å². The van der Waals surface area contributed by atoms with Gasteiger partial charge in [-0.1, -0.05) is 42.0 Å². The number of hydrogen-bond acceptors (Lipinski definition) is 3. The molecule has 0 saturated carbocycles. The summed E-state index contributed by atoms with van der Waals surface area (Å²) in [5, 5.41) is 0. The van der Waals surface area contributed by atoms with Crippen LogP contribution in [0.3, 0.4) is 0 Å². The molecule has 3 aromatic rings. The van der Waals surface area contributed by atoms with Crippen LogP contribution in [0.4, 0.5) is 0 Å². The molecule has 0 amide bonds. The van der Waals surface area contributed by atoms with Crippen LogP contribution in [-0.4, -0.2) is 24.3 Å². The summed E-state index contributed by atoms with van der Waals surface area (Å²) < 4.78 is 28.4. The van der Waals surface area contributed by atoms with Crippen molar-refractivity contribution in [1.82, 2.24) is 9.29 Å². The molecule has 0 saturated heterocycles. The first-order chi connectivity index (χ1) is 12.6. The molecule has 0 fully saturated rings. The molecule has 0 spiro atoms. The van der Waals surface area contributed by atoms with Gasteiger partial charge in [0.25, 0.3) is 0 Å². The van der Waals surface area contributed by atoms with Crippen molar-refractivity contribution in [1.29, 1.82) is 0 Å². The van der Waals surface area contributed by atoms with Gasteiger partial charge in [0.15, 0.2) is 0 Å². The van der Waals surface area contributed by atoms with Crippen molar-refractivity contribution >= 4 is 10.0 Å². The van der Waals surface area contributed by atoms with Gasteiger partial charge >= 0.3 is 0 Å². The molecule has 26 heavy (non-hydrogen) atoms. The zero-order valence-electron chi connectivity index (χ0n) is 14.5. The lowest BCUT2D eigenvalue weighted by Gasteiger charge is -2.36. The summed E-state index contributed by atoms with van der Waals surface area (Å²) in [6.45, 7) is 2.41. The van der Waals surface area contributed by atoms with Crippen LogP contribution < -0.4 is 0 Å². The van der Waals surface area contributed by atoms with Gasteiger partial charge in [0.05, 0.1) is 10.9 Å². The maximum Gasteiger partial charge on any atom is 0.243 e. The van der Waals surface area contributed by atoms with Crippen LogP contribution in [0.15, 0.2) is 78.0 Å². The van der Waals surface area contributed by atoms with Gasteiger partial charge in [-0.05, 0) is 54.3 Å². The molecule has 0 aliphatic carbocycles. The number of aryl methyl sites for hydroxylation is 1. The number of nitrogens with zero attached hydrogens (tertiary/aromatic N) is 2. The number of pyridine rings is 1. The molecule has 1 aliphatic heterocycles. The first kappa shape index (κ1) is 16.9. The molecule has 5 heteroatoms. The highest BCUT2D eigenvalue weighted by molar-refractivity contribution is 7.89. The van der Waals surface area contributed by atoms with E-state index in [0.717, 1.165) is 16.7 Å². The van der Waals surface area contributed by atoms with E-state index < -0.39 is 10.0 Å². The normalized spacial score (nSPS) is 17.7. The molecular formula is C21H20N2O2S. The summed E-state index contributed by atoms with van der Waals surface area (Å²) in [5.41, 5.74) is 4.21. The van der Waals surface area contributed by atoms with Crippen LogP contribution >= 0.6 is 0 Å². The van der Waals surface area contributed by atoms with E-state index in [1.165, 1.54) is 5.56 Å². The Morgan fingerprint density at radius 3 is 2.38 bits per heavy atom. The van der Waals surface area contributed by atoms with Crippen molar-refractivity contribution in [3.05, 3.63) is 95.3 Å². The standard InChI is InChI=1S/C21H20N2O2S/c1-16-6-8-19(9-7-16)26(24,25)23-15-12-17-4-2-3-5-20(17)21(23)18-10-13-22-14-11-18/h2-11,13-14,21H,12,15H2,1H3. The quantitative estimate of drug-likeness (QED) is 0.712. The number of benzene rings is 2. The molecule has 132 valence electrons. The Labute approximate surface area is 154 Å². The molecule has 2 heterocycles. The summed E-state index contributed by atoms with van der Waals surface area (Å²) in [4.78, 5) is 4.42. The summed E-state index contributed by atoms with van der Waals surface area (Å²) >= 11 is 0. The van der Waals surface area contributed by atoms with E-state index in [-0.39, 0.29) is 6.04 Å². The SMILES string of the molecule is Cc1ccc(S(=O)(=O)N2CCc3ccccc3C2c2ccncc2)cc1. The van der Waals surface area contributed by atoms with Gasteiger partial charge in [-0.25, -0.2) is 8.42 Å². The van der Waals surface area contributed by atoms with Crippen LogP contribution in [0.5, 0.6) is 0 Å². The highest BCUT2D eigenvalue weighted by Crippen LogP contribution is 2.38. The van der Waals surface area contributed by atoms with Crippen LogP contribution in [0.1, 0.15) is 28.3 Å². The fraction of sp³-hybridized carbons (Fsp3) is 0.190. The Morgan fingerprint density at radius 1 is 0.962 bits per heavy atom. The molecule has 1 aliphatic rings. The third-order valence-electron chi connectivity index (χ3n) is 4.89. The first-order valence-corrected chi connectivity index (χ1v) is 10.1. The van der Waals surface area contributed by atoms with Crippen LogP contribution in [0, 0.1) is 6.92 Å². The summed E-state index contributed by atoms with van der Waals surface area (Å²) in [7, 11) is -3.61. The highest BCUT2D eigenvalue weighted by Gasteiger charge is 2.37. The molecule has 1 unspecified atom stereocenters. The Bertz CT molecular complexity index is 1020. The molecule has 4 nitrogen and oxygen atoms in total. The highest BCUT2D eigenvalue weighted by atomic mass is 32.2. The largest absolute Gasteiger partial charge is 0.265 e. The van der Waals surface area contributed by atoms with Gasteiger partial charge in [0, 0.05) is 18.9 Å². The zero-order valence-corrected chi connectivity index (χ0v) is 15.4. The predicted molar refractivity (Wildman–Crippen MR) is 101 cm³/mol. The second-order valence-electron chi connectivity index (χ2n) is 6.56. The second-order valence-corrected chi connectivity index (χ2v) is 8.45. The third-order valence-corrected chi connectivity index (χ3v) is 6.77. The molecular weight excluding hydrogens is 344 g/mol. The molecule has 1 aromatic heterocycles. The van der Waals surface area contributed by atoms with Gasteiger partial charge in [-0.2, -0.15) is 4.31 Å². The predicted octanol–water partition coefficient (Wildman–Crippen LogP) is 3.73. The molecule has 1 atom stereocenters. The Morgan fingerprint density at radius 2 is 1.65 bits per heavy atom. The fourth-order valence-corrected chi connectivity index (χ4v) is 5.13. The number of fused-ring (bicyclic) bond motifs is 1. The van der Waals surface area contributed by atoms with E-state index in [4.69, 9.17) is 0 Å². The number of rotatable bonds is 3. The Hall–Kier alpha value is -2.50. The zero-order chi connectivity index (χ0) is 18.1. The van der Waals surface area contributed by atoms with Gasteiger partial charge in [-0.15, -0.1) is 0 Å². The maximum absolute atomic E-state index is 13.4. The van der Waals surface area contributed by atoms with Gasteiger partial charge in [0.1, 0.15) is 0 Å². The average molecular weight is 364 g/mol. The minimum atomic E-state index is -3.61. The van der Waals surface area contributed by atoms with E-state index in [1.54, 1.807) is 28.8 Å². The van der Waals surface area contributed by atoms with Crippen LogP contribution in [0.25, 0.3) is 0 Å². The van der Waals surface area contributed by atoms with E-state index >= 15 is 0 Å². The lowest BCUT2D eigenvalue weighted by molar-refractivity contribution is 0.344. The minimum Gasteiger partial charge on any atom is -0.265 e. The van der Waals surface area contributed by atoms with Crippen molar-refractivity contribution in [2.75, 3.05) is 6.54 Å². The van der Waals surface area contributed by atoms with E-state index in [9.17, 15) is 8.42 Å². The molecule has 0 bridgehead atoms. The monoisotopic (exact) mass is 364 g/mol. The van der Waals surface area contributed by atoms with Gasteiger partial charge in [-0.3, -0.25) is 4.98 Å². The van der Waals surface area contributed by atoms with Crippen molar-refractivity contribution in [3.63, 3.8) is 0 Å². The minimum absolute atomic E-state index is 0.335. The van der Waals surface area contributed by atoms with Crippen LogP contribution in [0.2, 0.25) is 0 Å². The van der Waals surface area contributed by atoms with E-state index in [2.05, 4.69) is 11.1 Å². The van der Waals surface area contributed by atoms with Crippen molar-refractivity contribution in [2.45, 2.75) is 24.3 Å². The molecule has 4 rings (SSSR count). The van der Waals surface area contributed by atoms with E-state index in [1.807, 2.05) is 49.4 Å². The lowest BCUT2D eigenvalue weighted by atomic mass is 9.90. The summed E-state index contributed by atoms with van der Waals surface area (Å²) in [6, 6.07) is 18.6. The van der Waals surface area contributed by atoms with Gasteiger partial charge in [0.2, 0.25) is 10.0 Å². The average Bonchev–Trinajstić information content (AvgIpc) is 2.68. The second kappa shape index (κ2) is 6.67. The van der Waals surface area contributed by atoms with Crippen LogP contribution in [-0.2, 0) is 16.4 Å². The molecule has 0 radical (unpaired) electrons. The lowest BCUT2D eigenvalue weighted by Crippen LogP contribution is -2.40. The Kier molecular flexibility index (Phi) is 4.34. The van der Waals surface area contributed by atoms with Crippen molar-refractivity contribution < 1.29 is 8.42 Å². The number of sulfonamides is 1. The first-order valence-electron chi connectivity index (χ1n) is 8.63. The fourth-order valence-electron chi connectivity index (χ4n) is 3.54. The smallest absolute Gasteiger partial charge is 0.243 e. The summed E-state index contributed by atoms with van der Waals surface area (Å²) in [6.07, 6.45) is 4.13. The third kappa shape index (κ3) is 2.93.